The first-order valence-electron chi connectivity index (χ1n) is 6.45. The van der Waals surface area contributed by atoms with Crippen molar-refractivity contribution in [1.82, 2.24) is 10.3 Å². The molecule has 1 fully saturated rings. The number of anilines is 1. The van der Waals surface area contributed by atoms with E-state index in [1.165, 1.54) is 6.07 Å². The van der Waals surface area contributed by atoms with Crippen LogP contribution in [-0.4, -0.2) is 24.1 Å². The minimum absolute atomic E-state index is 0.281. The van der Waals surface area contributed by atoms with Crippen LogP contribution in [0.2, 0.25) is 0 Å². The zero-order chi connectivity index (χ0) is 13.2. The summed E-state index contributed by atoms with van der Waals surface area (Å²) in [6.45, 7) is 1.89. The Kier molecular flexibility index (Phi) is 3.29. The molecule has 3 nitrogen and oxygen atoms in total. The fraction of sp³-hybridized carbons (Fsp3) is 0.357. The highest BCUT2D eigenvalue weighted by Crippen LogP contribution is 2.26. The van der Waals surface area contributed by atoms with E-state index in [2.05, 4.69) is 15.6 Å². The van der Waals surface area contributed by atoms with Crippen molar-refractivity contribution < 1.29 is 8.78 Å². The van der Waals surface area contributed by atoms with Crippen LogP contribution >= 0.6 is 0 Å². The highest BCUT2D eigenvalue weighted by Gasteiger charge is 2.16. The Morgan fingerprint density at radius 3 is 2.79 bits per heavy atom. The topological polar surface area (TPSA) is 37.0 Å². The van der Waals surface area contributed by atoms with Crippen molar-refractivity contribution in [2.75, 3.05) is 18.4 Å². The summed E-state index contributed by atoms with van der Waals surface area (Å²) in [5.41, 5.74) is 0. The SMILES string of the molecule is Fc1cc(F)c2c(NC3CCNCC3)nccc2c1. The largest absolute Gasteiger partial charge is 0.367 e. The second-order valence-electron chi connectivity index (χ2n) is 4.81. The molecule has 0 bridgehead atoms. The Bertz CT molecular complexity index is 595. The summed E-state index contributed by atoms with van der Waals surface area (Å²) in [5, 5.41) is 7.44. The average molecular weight is 263 g/mol. The van der Waals surface area contributed by atoms with Crippen molar-refractivity contribution in [3.63, 3.8) is 0 Å². The van der Waals surface area contributed by atoms with Gasteiger partial charge in [0, 0.05) is 18.3 Å². The Labute approximate surface area is 110 Å². The molecule has 1 aliphatic heterocycles. The third-order valence-electron chi connectivity index (χ3n) is 3.46. The lowest BCUT2D eigenvalue weighted by Gasteiger charge is -2.24. The van der Waals surface area contributed by atoms with Crippen LogP contribution in [0.25, 0.3) is 10.8 Å². The summed E-state index contributed by atoms with van der Waals surface area (Å²) < 4.78 is 27.1. The van der Waals surface area contributed by atoms with Gasteiger partial charge in [0.25, 0.3) is 0 Å². The minimum atomic E-state index is -0.570. The van der Waals surface area contributed by atoms with Crippen LogP contribution in [0.1, 0.15) is 12.8 Å². The molecule has 2 aromatic rings. The molecule has 0 aliphatic carbocycles. The van der Waals surface area contributed by atoms with Gasteiger partial charge in [-0.1, -0.05) is 0 Å². The molecule has 5 heteroatoms. The summed E-state index contributed by atoms with van der Waals surface area (Å²) in [7, 11) is 0. The normalized spacial score (nSPS) is 16.7. The van der Waals surface area contributed by atoms with Gasteiger partial charge in [-0.2, -0.15) is 0 Å². The number of aromatic nitrogens is 1. The molecule has 2 N–H and O–H groups in total. The van der Waals surface area contributed by atoms with E-state index in [-0.39, 0.29) is 6.04 Å². The molecule has 0 atom stereocenters. The predicted octanol–water partition coefficient (Wildman–Crippen LogP) is 2.68. The second kappa shape index (κ2) is 5.09. The third-order valence-corrected chi connectivity index (χ3v) is 3.46. The number of hydrogen-bond donors (Lipinski definition) is 2. The third kappa shape index (κ3) is 2.51. The number of halogens is 2. The van der Waals surface area contributed by atoms with Crippen LogP contribution in [0.3, 0.4) is 0 Å². The number of fused-ring (bicyclic) bond motifs is 1. The Morgan fingerprint density at radius 2 is 2.00 bits per heavy atom. The minimum Gasteiger partial charge on any atom is -0.367 e. The fourth-order valence-corrected chi connectivity index (χ4v) is 2.50. The van der Waals surface area contributed by atoms with E-state index < -0.39 is 11.6 Å². The summed E-state index contributed by atoms with van der Waals surface area (Å²) in [5.74, 6) is -0.634. The smallest absolute Gasteiger partial charge is 0.137 e. The van der Waals surface area contributed by atoms with E-state index in [4.69, 9.17) is 0 Å². The Morgan fingerprint density at radius 1 is 1.21 bits per heavy atom. The Hall–Kier alpha value is -1.75. The van der Waals surface area contributed by atoms with Crippen molar-refractivity contribution in [1.29, 1.82) is 0 Å². The first kappa shape index (κ1) is 12.3. The van der Waals surface area contributed by atoms with Crippen LogP contribution in [-0.2, 0) is 0 Å². The maximum atomic E-state index is 13.9. The first-order valence-corrected chi connectivity index (χ1v) is 6.45. The van der Waals surface area contributed by atoms with Gasteiger partial charge in [-0.15, -0.1) is 0 Å². The molecule has 0 amide bonds. The number of pyridine rings is 1. The van der Waals surface area contributed by atoms with Crippen LogP contribution in [0, 0.1) is 11.6 Å². The van der Waals surface area contributed by atoms with E-state index in [9.17, 15) is 8.78 Å². The van der Waals surface area contributed by atoms with Gasteiger partial charge in [-0.3, -0.25) is 0 Å². The number of hydrogen-bond acceptors (Lipinski definition) is 3. The molecule has 1 aliphatic rings. The Balaban J connectivity index is 1.98. The van der Waals surface area contributed by atoms with Crippen LogP contribution in [0.15, 0.2) is 24.4 Å². The van der Waals surface area contributed by atoms with E-state index >= 15 is 0 Å². The molecule has 0 radical (unpaired) electrons. The highest BCUT2D eigenvalue weighted by molar-refractivity contribution is 5.92. The molecule has 3 rings (SSSR count). The van der Waals surface area contributed by atoms with Gasteiger partial charge in [-0.05, 0) is 43.5 Å². The fourth-order valence-electron chi connectivity index (χ4n) is 2.50. The summed E-state index contributed by atoms with van der Waals surface area (Å²) in [6.07, 6.45) is 3.52. The number of piperidine rings is 1. The lowest BCUT2D eigenvalue weighted by molar-refractivity contribution is 0.478. The van der Waals surface area contributed by atoms with Gasteiger partial charge in [0.2, 0.25) is 0 Å². The highest BCUT2D eigenvalue weighted by atomic mass is 19.1. The molecule has 1 aromatic heterocycles. The maximum Gasteiger partial charge on any atom is 0.137 e. The van der Waals surface area contributed by atoms with Crippen molar-refractivity contribution in [3.8, 4) is 0 Å². The van der Waals surface area contributed by atoms with E-state index in [0.29, 0.717) is 16.6 Å². The van der Waals surface area contributed by atoms with Crippen LogP contribution in [0.4, 0.5) is 14.6 Å². The van der Waals surface area contributed by atoms with E-state index in [0.717, 1.165) is 32.0 Å². The molecule has 0 spiro atoms. The lowest BCUT2D eigenvalue weighted by atomic mass is 10.1. The number of benzene rings is 1. The summed E-state index contributed by atoms with van der Waals surface area (Å²) in [4.78, 5) is 4.20. The molecule has 2 heterocycles. The van der Waals surface area contributed by atoms with Crippen molar-refractivity contribution in [3.05, 3.63) is 36.0 Å². The molecule has 100 valence electrons. The molecular formula is C14H15F2N3. The quantitative estimate of drug-likeness (QED) is 0.874. The molecule has 0 unspecified atom stereocenters. The molecular weight excluding hydrogens is 248 g/mol. The van der Waals surface area contributed by atoms with Gasteiger partial charge in [-0.25, -0.2) is 13.8 Å². The standard InChI is InChI=1S/C14H15F2N3/c15-10-7-9-1-6-18-14(13(9)12(16)8-10)19-11-2-4-17-5-3-11/h1,6-8,11,17H,2-5H2,(H,18,19). The van der Waals surface area contributed by atoms with Crippen molar-refractivity contribution >= 4 is 16.6 Å². The second-order valence-corrected chi connectivity index (χ2v) is 4.81. The lowest BCUT2D eigenvalue weighted by Crippen LogP contribution is -2.35. The molecule has 19 heavy (non-hydrogen) atoms. The molecule has 0 saturated carbocycles. The number of rotatable bonds is 2. The van der Waals surface area contributed by atoms with Crippen LogP contribution in [0.5, 0.6) is 0 Å². The summed E-state index contributed by atoms with van der Waals surface area (Å²) in [6, 6.07) is 4.13. The number of nitrogens with one attached hydrogen (secondary N) is 2. The predicted molar refractivity (Wildman–Crippen MR) is 71.2 cm³/mol. The van der Waals surface area contributed by atoms with E-state index in [1.807, 2.05) is 0 Å². The molecule has 1 saturated heterocycles. The zero-order valence-corrected chi connectivity index (χ0v) is 10.4. The van der Waals surface area contributed by atoms with Gasteiger partial charge in [0.1, 0.15) is 17.5 Å². The maximum absolute atomic E-state index is 13.9. The van der Waals surface area contributed by atoms with Crippen molar-refractivity contribution in [2.45, 2.75) is 18.9 Å². The first-order chi connectivity index (χ1) is 9.24. The summed E-state index contributed by atoms with van der Waals surface area (Å²) >= 11 is 0. The van der Waals surface area contributed by atoms with Crippen molar-refractivity contribution in [2.24, 2.45) is 0 Å². The van der Waals surface area contributed by atoms with Crippen LogP contribution < -0.4 is 10.6 Å². The van der Waals surface area contributed by atoms with E-state index in [1.54, 1.807) is 12.3 Å². The van der Waals surface area contributed by atoms with Gasteiger partial charge in [0.05, 0.1) is 5.39 Å². The average Bonchev–Trinajstić information content (AvgIpc) is 2.39. The molecule has 1 aromatic carbocycles. The van der Waals surface area contributed by atoms with Gasteiger partial charge in [0.15, 0.2) is 0 Å². The number of nitrogens with zero attached hydrogens (tertiary/aromatic N) is 1. The zero-order valence-electron chi connectivity index (χ0n) is 10.4. The van der Waals surface area contributed by atoms with Gasteiger partial charge < -0.3 is 10.6 Å². The monoisotopic (exact) mass is 263 g/mol. The van der Waals surface area contributed by atoms with Gasteiger partial charge >= 0.3 is 0 Å².